The van der Waals surface area contributed by atoms with E-state index in [4.69, 9.17) is 5.14 Å². The zero-order valence-corrected chi connectivity index (χ0v) is 13.6. The first-order valence-electron chi connectivity index (χ1n) is 6.39. The Kier molecular flexibility index (Phi) is 4.51. The third-order valence-corrected chi connectivity index (χ3v) is 4.96. The molecule has 1 amide bonds. The van der Waals surface area contributed by atoms with Gasteiger partial charge in [0.2, 0.25) is 15.9 Å². The second-order valence-electron chi connectivity index (χ2n) is 5.04. The molecule has 1 aromatic carbocycles. The molecule has 5 nitrogen and oxygen atoms in total. The highest BCUT2D eigenvalue weighted by atomic mass is 79.9. The number of halogens is 1. The Labute approximate surface area is 127 Å². The number of carbonyl (C=O) groups excluding carboxylic acids is 1. The van der Waals surface area contributed by atoms with Crippen molar-refractivity contribution in [1.29, 1.82) is 0 Å². The Morgan fingerprint density at radius 2 is 2.15 bits per heavy atom. The maximum Gasteiger partial charge on any atom is 0.227 e. The molecule has 0 aliphatic carbocycles. The number of nitrogens with two attached hydrogens (primary N) is 1. The van der Waals surface area contributed by atoms with Crippen LogP contribution in [0.25, 0.3) is 0 Å². The minimum Gasteiger partial charge on any atom is -0.311 e. The summed E-state index contributed by atoms with van der Waals surface area (Å²) in [7, 11) is -3.55. The number of carbonyl (C=O) groups is 1. The van der Waals surface area contributed by atoms with Crippen LogP contribution >= 0.6 is 15.9 Å². The van der Waals surface area contributed by atoms with Gasteiger partial charge < -0.3 is 4.90 Å². The van der Waals surface area contributed by atoms with E-state index in [1.165, 1.54) is 5.56 Å². The smallest absolute Gasteiger partial charge is 0.227 e. The van der Waals surface area contributed by atoms with Gasteiger partial charge >= 0.3 is 0 Å². The average Bonchev–Trinajstić information content (AvgIpc) is 2.67. The summed E-state index contributed by atoms with van der Waals surface area (Å²) >= 11 is 3.47. The molecule has 1 aromatic rings. The molecule has 1 atom stereocenters. The normalized spacial score (nSPS) is 19.6. The third kappa shape index (κ3) is 3.59. The number of aryl methyl sites for hydroxylation is 1. The third-order valence-electron chi connectivity index (χ3n) is 3.38. The molecule has 0 saturated carbocycles. The fourth-order valence-electron chi connectivity index (χ4n) is 2.44. The molecule has 1 unspecified atom stereocenters. The minimum atomic E-state index is -3.55. The van der Waals surface area contributed by atoms with E-state index >= 15 is 0 Å². The lowest BCUT2D eigenvalue weighted by atomic mass is 10.1. The summed E-state index contributed by atoms with van der Waals surface area (Å²) in [5.41, 5.74) is 1.96. The molecule has 20 heavy (non-hydrogen) atoms. The minimum absolute atomic E-state index is 0.0661. The van der Waals surface area contributed by atoms with E-state index < -0.39 is 10.0 Å². The van der Waals surface area contributed by atoms with Crippen molar-refractivity contribution >= 4 is 37.5 Å². The maximum absolute atomic E-state index is 12.0. The predicted molar refractivity (Wildman–Crippen MR) is 82.0 cm³/mol. The molecule has 1 saturated heterocycles. The zero-order valence-electron chi connectivity index (χ0n) is 11.2. The van der Waals surface area contributed by atoms with Gasteiger partial charge in [0.25, 0.3) is 0 Å². The van der Waals surface area contributed by atoms with Gasteiger partial charge in [-0.05, 0) is 40.0 Å². The lowest BCUT2D eigenvalue weighted by Gasteiger charge is -2.19. The Morgan fingerprint density at radius 3 is 2.70 bits per heavy atom. The highest BCUT2D eigenvalue weighted by Gasteiger charge is 2.33. The van der Waals surface area contributed by atoms with Crippen LogP contribution in [-0.4, -0.2) is 26.6 Å². The van der Waals surface area contributed by atoms with Crippen LogP contribution in [0.2, 0.25) is 0 Å². The molecule has 0 radical (unpaired) electrons. The van der Waals surface area contributed by atoms with Crippen LogP contribution in [0.5, 0.6) is 0 Å². The summed E-state index contributed by atoms with van der Waals surface area (Å²) in [5, 5.41) is 5.05. The van der Waals surface area contributed by atoms with Gasteiger partial charge in [-0.25, -0.2) is 13.6 Å². The number of sulfonamides is 1. The number of hydrogen-bond donors (Lipinski definition) is 1. The number of rotatable bonds is 4. The fraction of sp³-hybridized carbons (Fsp3) is 0.462. The highest BCUT2D eigenvalue weighted by molar-refractivity contribution is 9.10. The molecular weight excluding hydrogens is 344 g/mol. The number of amides is 1. The van der Waals surface area contributed by atoms with Gasteiger partial charge in [0.05, 0.1) is 11.4 Å². The van der Waals surface area contributed by atoms with Gasteiger partial charge in [0.1, 0.15) is 0 Å². The second-order valence-corrected chi connectivity index (χ2v) is 7.56. The molecule has 1 aliphatic heterocycles. The first kappa shape index (κ1) is 15.5. The van der Waals surface area contributed by atoms with Gasteiger partial charge in [-0.2, -0.15) is 0 Å². The standard InChI is InChI=1S/C13H17BrN2O3S/c1-2-9-3-4-12(11(14)5-9)16-7-10(6-13(16)17)8-20(15,18)19/h3-5,10H,2,6-8H2,1H3,(H2,15,18,19). The van der Waals surface area contributed by atoms with E-state index in [1.54, 1.807) is 4.90 Å². The molecule has 2 N–H and O–H groups in total. The molecule has 0 aromatic heterocycles. The monoisotopic (exact) mass is 360 g/mol. The van der Waals surface area contributed by atoms with E-state index in [0.717, 1.165) is 16.6 Å². The largest absolute Gasteiger partial charge is 0.311 e. The fourth-order valence-corrected chi connectivity index (χ4v) is 3.96. The quantitative estimate of drug-likeness (QED) is 0.886. The van der Waals surface area contributed by atoms with Crippen LogP contribution < -0.4 is 10.0 Å². The van der Waals surface area contributed by atoms with Crippen molar-refractivity contribution < 1.29 is 13.2 Å². The van der Waals surface area contributed by atoms with Gasteiger partial charge in [-0.1, -0.05) is 13.0 Å². The summed E-state index contributed by atoms with van der Waals surface area (Å²) < 4.78 is 23.1. The van der Waals surface area contributed by atoms with Crippen LogP contribution in [0.4, 0.5) is 5.69 Å². The van der Waals surface area contributed by atoms with E-state index in [9.17, 15) is 13.2 Å². The number of nitrogens with zero attached hydrogens (tertiary/aromatic N) is 1. The first-order chi connectivity index (χ1) is 9.30. The van der Waals surface area contributed by atoms with Crippen molar-refractivity contribution in [1.82, 2.24) is 0 Å². The molecule has 2 rings (SSSR count). The van der Waals surface area contributed by atoms with Gasteiger partial charge in [-0.15, -0.1) is 0 Å². The van der Waals surface area contributed by atoms with Crippen LogP contribution in [0.1, 0.15) is 18.9 Å². The van der Waals surface area contributed by atoms with Crippen LogP contribution in [-0.2, 0) is 21.2 Å². The Bertz CT molecular complexity index is 631. The molecule has 1 heterocycles. The van der Waals surface area contributed by atoms with Gasteiger partial charge in [0, 0.05) is 23.4 Å². The van der Waals surface area contributed by atoms with Crippen molar-refractivity contribution in [3.05, 3.63) is 28.2 Å². The van der Waals surface area contributed by atoms with Crippen LogP contribution in [0.3, 0.4) is 0 Å². The first-order valence-corrected chi connectivity index (χ1v) is 8.90. The molecule has 1 fully saturated rings. The SMILES string of the molecule is CCc1ccc(N2CC(CS(N)(=O)=O)CC2=O)c(Br)c1. The van der Waals surface area contributed by atoms with E-state index in [-0.39, 0.29) is 24.0 Å². The Morgan fingerprint density at radius 1 is 1.45 bits per heavy atom. The van der Waals surface area contributed by atoms with Crippen molar-refractivity contribution in [2.75, 3.05) is 17.2 Å². The van der Waals surface area contributed by atoms with Gasteiger partial charge in [0.15, 0.2) is 0 Å². The predicted octanol–water partition coefficient (Wildman–Crippen LogP) is 1.65. The molecule has 1 aliphatic rings. The van der Waals surface area contributed by atoms with Crippen molar-refractivity contribution in [3.63, 3.8) is 0 Å². The average molecular weight is 361 g/mol. The topological polar surface area (TPSA) is 80.5 Å². The summed E-state index contributed by atoms with van der Waals surface area (Å²) in [6.07, 6.45) is 1.14. The summed E-state index contributed by atoms with van der Waals surface area (Å²) in [6.45, 7) is 2.45. The Balaban J connectivity index is 2.20. The molecule has 0 spiro atoms. The van der Waals surface area contributed by atoms with E-state index in [0.29, 0.717) is 6.54 Å². The summed E-state index contributed by atoms with van der Waals surface area (Å²) in [6, 6.07) is 5.84. The number of hydrogen-bond acceptors (Lipinski definition) is 3. The van der Waals surface area contributed by atoms with Crippen molar-refractivity contribution in [2.24, 2.45) is 11.1 Å². The highest BCUT2D eigenvalue weighted by Crippen LogP contribution is 2.32. The number of benzene rings is 1. The molecule has 0 bridgehead atoms. The van der Waals surface area contributed by atoms with Crippen molar-refractivity contribution in [3.8, 4) is 0 Å². The lowest BCUT2D eigenvalue weighted by Crippen LogP contribution is -2.27. The Hall–Kier alpha value is -0.920. The van der Waals surface area contributed by atoms with Gasteiger partial charge in [-0.3, -0.25) is 4.79 Å². The maximum atomic E-state index is 12.0. The summed E-state index contributed by atoms with van der Waals surface area (Å²) in [4.78, 5) is 13.7. The zero-order chi connectivity index (χ0) is 14.9. The number of anilines is 1. The summed E-state index contributed by atoms with van der Waals surface area (Å²) in [5.74, 6) is -0.459. The second kappa shape index (κ2) is 5.83. The van der Waals surface area contributed by atoms with Crippen LogP contribution in [0, 0.1) is 5.92 Å². The lowest BCUT2D eigenvalue weighted by molar-refractivity contribution is -0.117. The molecule has 110 valence electrons. The van der Waals surface area contributed by atoms with E-state index in [1.807, 2.05) is 18.2 Å². The van der Waals surface area contributed by atoms with E-state index in [2.05, 4.69) is 22.9 Å². The number of primary sulfonamides is 1. The van der Waals surface area contributed by atoms with Crippen LogP contribution in [0.15, 0.2) is 22.7 Å². The molecular formula is C13H17BrN2O3S. The van der Waals surface area contributed by atoms with Crippen molar-refractivity contribution in [2.45, 2.75) is 19.8 Å². The molecule has 7 heteroatoms.